The van der Waals surface area contributed by atoms with E-state index in [9.17, 15) is 24.3 Å². The summed E-state index contributed by atoms with van der Waals surface area (Å²) in [7, 11) is 1.49. The second-order valence-corrected chi connectivity index (χ2v) is 11.3. The number of hydrogen-bond acceptors (Lipinski definition) is 6. The number of nitrogens with one attached hydrogen (secondary N) is 2. The van der Waals surface area contributed by atoms with Gasteiger partial charge < -0.3 is 25.4 Å². The Labute approximate surface area is 233 Å². The molecule has 0 aliphatic carbocycles. The predicted molar refractivity (Wildman–Crippen MR) is 148 cm³/mol. The van der Waals surface area contributed by atoms with Crippen molar-refractivity contribution < 1.29 is 29.0 Å². The van der Waals surface area contributed by atoms with Crippen molar-refractivity contribution in [2.24, 2.45) is 11.8 Å². The zero-order valence-electron chi connectivity index (χ0n) is 23.2. The first-order valence-corrected chi connectivity index (χ1v) is 13.7. The van der Waals surface area contributed by atoms with Crippen molar-refractivity contribution in [3.05, 3.63) is 39.9 Å². The van der Waals surface area contributed by atoms with Crippen LogP contribution in [0.5, 0.6) is 5.75 Å². The van der Waals surface area contributed by atoms with Crippen LogP contribution >= 0.6 is 15.9 Å². The maximum absolute atomic E-state index is 13.4. The quantitative estimate of drug-likeness (QED) is 0.356. The van der Waals surface area contributed by atoms with E-state index >= 15 is 0 Å². The van der Waals surface area contributed by atoms with Crippen molar-refractivity contribution in [3.8, 4) is 5.75 Å². The Balaban J connectivity index is 2.40. The highest BCUT2D eigenvalue weighted by atomic mass is 79.9. The number of carbonyl (C=O) groups is 4. The highest BCUT2D eigenvalue weighted by Gasteiger charge is 2.33. The predicted octanol–water partition coefficient (Wildman–Crippen LogP) is 3.48. The number of hydrogen-bond donors (Lipinski definition) is 3. The summed E-state index contributed by atoms with van der Waals surface area (Å²) < 4.78 is 6.03. The highest BCUT2D eigenvalue weighted by Crippen LogP contribution is 2.25. The molecule has 0 saturated heterocycles. The minimum Gasteiger partial charge on any atom is -0.507 e. The van der Waals surface area contributed by atoms with Crippen LogP contribution in [0.25, 0.3) is 0 Å². The number of cyclic esters (lactones) is 1. The van der Waals surface area contributed by atoms with E-state index in [1.807, 2.05) is 13.8 Å². The van der Waals surface area contributed by atoms with Gasteiger partial charge in [0.15, 0.2) is 0 Å². The molecule has 2 rings (SSSR count). The van der Waals surface area contributed by atoms with Crippen LogP contribution in [-0.4, -0.2) is 65.0 Å². The Morgan fingerprint density at radius 1 is 1.03 bits per heavy atom. The Hall–Kier alpha value is -2.88. The van der Waals surface area contributed by atoms with Crippen LogP contribution in [0, 0.1) is 11.8 Å². The third-order valence-electron chi connectivity index (χ3n) is 6.67. The average Bonchev–Trinajstić information content (AvgIpc) is 2.82. The lowest BCUT2D eigenvalue weighted by Gasteiger charge is -2.31. The summed E-state index contributed by atoms with van der Waals surface area (Å²) in [5, 5.41) is 15.3. The molecule has 6 atom stereocenters. The minimum atomic E-state index is -0.993. The van der Waals surface area contributed by atoms with Gasteiger partial charge in [-0.2, -0.15) is 0 Å². The monoisotopic (exact) mass is 593 g/mol. The molecular formula is C28H40BrN3O6. The number of phenols is 1. The Bertz CT molecular complexity index is 1070. The van der Waals surface area contributed by atoms with E-state index < -0.39 is 35.9 Å². The lowest BCUT2D eigenvalue weighted by Crippen LogP contribution is -2.56. The summed E-state index contributed by atoms with van der Waals surface area (Å²) in [6, 6.07) is 2.00. The van der Waals surface area contributed by atoms with Crippen molar-refractivity contribution >= 4 is 39.6 Å². The number of allylic oxidation sites excluding steroid dienone is 2. The number of aromatic hydroxyl groups is 1. The maximum Gasteiger partial charge on any atom is 0.328 e. The molecule has 1 aromatic rings. The van der Waals surface area contributed by atoms with Crippen molar-refractivity contribution in [2.45, 2.75) is 85.0 Å². The zero-order valence-corrected chi connectivity index (χ0v) is 24.8. The van der Waals surface area contributed by atoms with Crippen LogP contribution < -0.4 is 10.6 Å². The van der Waals surface area contributed by atoms with Crippen LogP contribution in [0.3, 0.4) is 0 Å². The van der Waals surface area contributed by atoms with E-state index in [1.54, 1.807) is 39.8 Å². The van der Waals surface area contributed by atoms with Gasteiger partial charge in [0.05, 0.1) is 10.6 Å². The summed E-state index contributed by atoms with van der Waals surface area (Å²) in [5.74, 6) is -2.00. The number of amides is 3. The van der Waals surface area contributed by atoms with Crippen LogP contribution in [0.15, 0.2) is 34.3 Å². The van der Waals surface area contributed by atoms with E-state index in [2.05, 4.69) is 32.6 Å². The fourth-order valence-corrected chi connectivity index (χ4v) is 5.05. The van der Waals surface area contributed by atoms with Gasteiger partial charge in [0.25, 0.3) is 0 Å². The molecule has 38 heavy (non-hydrogen) atoms. The molecule has 0 aromatic heterocycles. The first-order chi connectivity index (χ1) is 17.7. The van der Waals surface area contributed by atoms with E-state index in [4.69, 9.17) is 4.74 Å². The second-order valence-electron chi connectivity index (χ2n) is 10.5. The number of esters is 1. The van der Waals surface area contributed by atoms with E-state index in [1.165, 1.54) is 18.0 Å². The largest absolute Gasteiger partial charge is 0.507 e. The van der Waals surface area contributed by atoms with Gasteiger partial charge in [-0.25, -0.2) is 4.79 Å². The molecule has 0 unspecified atom stereocenters. The molecule has 10 heteroatoms. The summed E-state index contributed by atoms with van der Waals surface area (Å²) in [6.45, 7) is 10.7. The first kappa shape index (κ1) is 31.3. The van der Waals surface area contributed by atoms with Gasteiger partial charge in [0.2, 0.25) is 17.7 Å². The van der Waals surface area contributed by atoms with Crippen molar-refractivity contribution in [1.82, 2.24) is 15.5 Å². The van der Waals surface area contributed by atoms with Gasteiger partial charge in [-0.05, 0) is 80.1 Å². The minimum absolute atomic E-state index is 0.0442. The summed E-state index contributed by atoms with van der Waals surface area (Å²) in [4.78, 5) is 53.6. The maximum atomic E-state index is 13.4. The number of phenolic OH excluding ortho intramolecular Hbond substituents is 1. The SMILES string of the molecule is C/C1=C\[C@H](C)C[C@H](C)OC(=O)[C@H](C)NC(=O)[C@H](Cc2ccc(O)c(Br)c2)N(C)C(=O)[C@H](C)NC(=O)[C@@H](C)C1. The van der Waals surface area contributed by atoms with Crippen molar-refractivity contribution in [2.75, 3.05) is 7.05 Å². The average molecular weight is 595 g/mol. The standard InChI is InChI=1S/C28H40BrN3O6/c1-15-10-16(2)12-18(4)38-28(37)20(6)31-26(35)23(14-21-8-9-24(33)22(29)13-21)32(7)27(36)19(5)30-25(34)17(3)11-15/h8-10,13,16-20,23,33H,11-12,14H2,1-7H3,(H,30,34)(H,31,35)/b15-10+/t16-,17-,18-,19-,20-,23-/m0/s1. The Kier molecular flexibility index (Phi) is 11.4. The summed E-state index contributed by atoms with van der Waals surface area (Å²) >= 11 is 3.27. The molecule has 1 aliphatic heterocycles. The van der Waals surface area contributed by atoms with Gasteiger partial charge in [0.1, 0.15) is 23.9 Å². The van der Waals surface area contributed by atoms with Gasteiger partial charge in [-0.15, -0.1) is 0 Å². The molecule has 1 aliphatic rings. The number of carbonyl (C=O) groups excluding carboxylic acids is 4. The fourth-order valence-electron chi connectivity index (χ4n) is 4.62. The third-order valence-corrected chi connectivity index (χ3v) is 7.30. The van der Waals surface area contributed by atoms with Crippen LogP contribution in [0.1, 0.15) is 59.9 Å². The fraction of sp³-hybridized carbons (Fsp3) is 0.571. The molecule has 0 bridgehead atoms. The number of benzene rings is 1. The Morgan fingerprint density at radius 2 is 1.66 bits per heavy atom. The summed E-state index contributed by atoms with van der Waals surface area (Å²) in [5.41, 5.74) is 1.72. The van der Waals surface area contributed by atoms with E-state index in [-0.39, 0.29) is 36.0 Å². The lowest BCUT2D eigenvalue weighted by atomic mass is 9.95. The lowest BCUT2D eigenvalue weighted by molar-refractivity contribution is -0.153. The smallest absolute Gasteiger partial charge is 0.328 e. The topological polar surface area (TPSA) is 125 Å². The van der Waals surface area contributed by atoms with Crippen molar-refractivity contribution in [1.29, 1.82) is 0 Å². The van der Waals surface area contributed by atoms with Crippen LogP contribution in [0.4, 0.5) is 0 Å². The molecule has 1 aromatic carbocycles. The number of ether oxygens (including phenoxy) is 1. The third kappa shape index (κ3) is 8.85. The van der Waals surface area contributed by atoms with E-state index in [0.29, 0.717) is 22.9 Å². The number of halogens is 1. The van der Waals surface area contributed by atoms with Crippen molar-refractivity contribution in [3.63, 3.8) is 0 Å². The molecular weight excluding hydrogens is 554 g/mol. The van der Waals surface area contributed by atoms with Crippen LogP contribution in [-0.2, 0) is 30.3 Å². The molecule has 3 amide bonds. The highest BCUT2D eigenvalue weighted by molar-refractivity contribution is 9.10. The zero-order chi connectivity index (χ0) is 28.7. The Morgan fingerprint density at radius 3 is 2.29 bits per heavy atom. The molecule has 9 nitrogen and oxygen atoms in total. The van der Waals surface area contributed by atoms with Gasteiger partial charge in [-0.1, -0.05) is 31.6 Å². The molecule has 0 spiro atoms. The van der Waals surface area contributed by atoms with Gasteiger partial charge in [0, 0.05) is 19.4 Å². The van der Waals surface area contributed by atoms with Crippen LogP contribution in [0.2, 0.25) is 0 Å². The van der Waals surface area contributed by atoms with Gasteiger partial charge in [-0.3, -0.25) is 14.4 Å². The molecule has 210 valence electrons. The first-order valence-electron chi connectivity index (χ1n) is 12.9. The molecule has 3 N–H and O–H groups in total. The number of likely N-dealkylation sites (N-methyl/N-ethyl adjacent to an activating group) is 1. The summed E-state index contributed by atoms with van der Waals surface area (Å²) in [6.07, 6.45) is 2.92. The molecule has 0 fully saturated rings. The normalized spacial score (nSPS) is 30.3. The number of rotatable bonds is 2. The number of nitrogens with zero attached hydrogens (tertiary/aromatic N) is 1. The van der Waals surface area contributed by atoms with E-state index in [0.717, 1.165) is 5.57 Å². The molecule has 1 heterocycles. The second kappa shape index (κ2) is 13.8. The molecule has 0 saturated carbocycles. The molecule has 0 radical (unpaired) electrons. The van der Waals surface area contributed by atoms with Gasteiger partial charge >= 0.3 is 5.97 Å².